The van der Waals surface area contributed by atoms with E-state index < -0.39 is 0 Å². The van der Waals surface area contributed by atoms with Gasteiger partial charge in [-0.05, 0) is 0 Å². The fraction of sp³-hybridized carbons (Fsp3) is 0.500. The van der Waals surface area contributed by atoms with E-state index >= 15 is 0 Å². The third-order valence-electron chi connectivity index (χ3n) is 0. The third-order valence-corrected chi connectivity index (χ3v) is 0. The van der Waals surface area contributed by atoms with Crippen LogP contribution in [0.15, 0.2) is 0 Å². The Hall–Kier alpha value is 0.189. The molecule has 2 heteroatoms. The number of carbonyl (C=O) groups is 1. The molecule has 0 heterocycles. The fourth-order valence-electron chi connectivity index (χ4n) is 0. The first kappa shape index (κ1) is 4.19. The molecular formula is C2H3MnO+. The van der Waals surface area contributed by atoms with Crippen molar-refractivity contribution in [2.24, 2.45) is 0 Å². The first-order chi connectivity index (χ1) is 1.73. The molecule has 4 heavy (non-hydrogen) atoms. The third kappa shape index (κ3) is 86.3. The Kier molecular flexibility index (Phi) is 1.57. The van der Waals surface area contributed by atoms with E-state index in [1.807, 2.05) is 0 Å². The van der Waals surface area contributed by atoms with Crippen molar-refractivity contribution in [2.45, 2.75) is 6.92 Å². The molecule has 0 amide bonds. The van der Waals surface area contributed by atoms with Crippen LogP contribution in [0.1, 0.15) is 6.92 Å². The van der Waals surface area contributed by atoms with Crippen LogP contribution in [-0.2, 0) is 20.8 Å². The Morgan fingerprint density at radius 3 is 2.00 bits per heavy atom. The molecule has 0 aliphatic heterocycles. The van der Waals surface area contributed by atoms with Crippen LogP contribution in [0.4, 0.5) is 0 Å². The molecule has 0 bridgehead atoms. The van der Waals surface area contributed by atoms with Gasteiger partial charge in [0.1, 0.15) is 0 Å². The fourth-order valence-corrected chi connectivity index (χ4v) is 0. The zero-order valence-corrected chi connectivity index (χ0v) is 3.47. The van der Waals surface area contributed by atoms with Gasteiger partial charge < -0.3 is 0 Å². The molecule has 0 atom stereocenters. The van der Waals surface area contributed by atoms with E-state index in [2.05, 4.69) is 16.0 Å². The summed E-state index contributed by atoms with van der Waals surface area (Å²) >= 11 is 2.63. The normalized spacial score (nSPS) is 6.25. The molecule has 0 fully saturated rings. The van der Waals surface area contributed by atoms with E-state index in [0.717, 1.165) is 0 Å². The number of hydrogen-bond acceptors (Lipinski definition) is 1. The van der Waals surface area contributed by atoms with Crippen molar-refractivity contribution >= 4 is 4.68 Å². The molecular weight excluding hydrogens is 95.0 g/mol. The molecule has 0 aromatic carbocycles. The van der Waals surface area contributed by atoms with Crippen LogP contribution >= 0.6 is 0 Å². The molecule has 0 saturated carbocycles. The van der Waals surface area contributed by atoms with E-state index in [9.17, 15) is 4.79 Å². The SMILES string of the molecule is C[C](=O)[Mn+]. The molecule has 0 N–H and O–H groups in total. The van der Waals surface area contributed by atoms with Gasteiger partial charge in [0.25, 0.3) is 0 Å². The van der Waals surface area contributed by atoms with Crippen molar-refractivity contribution in [3.8, 4) is 0 Å². The Labute approximate surface area is 33.2 Å². The van der Waals surface area contributed by atoms with Gasteiger partial charge in [-0.3, -0.25) is 0 Å². The van der Waals surface area contributed by atoms with E-state index in [1.54, 1.807) is 0 Å². The van der Waals surface area contributed by atoms with Gasteiger partial charge in [0.2, 0.25) is 0 Å². The van der Waals surface area contributed by atoms with Crippen molar-refractivity contribution in [1.82, 2.24) is 0 Å². The number of rotatable bonds is 0. The Morgan fingerprint density at radius 2 is 2.00 bits per heavy atom. The minimum atomic E-state index is -0.0208. The molecule has 0 saturated heterocycles. The summed E-state index contributed by atoms with van der Waals surface area (Å²) in [6.45, 7) is 1.44. The Balaban J connectivity index is 2.80. The van der Waals surface area contributed by atoms with Crippen LogP contribution in [0.2, 0.25) is 0 Å². The van der Waals surface area contributed by atoms with E-state index in [0.29, 0.717) is 0 Å². The van der Waals surface area contributed by atoms with Gasteiger partial charge in [-0.2, -0.15) is 0 Å². The minimum absolute atomic E-state index is 0.0208. The van der Waals surface area contributed by atoms with Crippen molar-refractivity contribution in [1.29, 1.82) is 0 Å². The Morgan fingerprint density at radius 1 is 2.00 bits per heavy atom. The quantitative estimate of drug-likeness (QED) is 0.392. The maximum atomic E-state index is 9.36. The molecule has 0 rings (SSSR count). The number of carbonyl (C=O) groups excluding carboxylic acids is 1. The van der Waals surface area contributed by atoms with Crippen LogP contribution in [0.3, 0.4) is 0 Å². The maximum absolute atomic E-state index is 9.36. The standard InChI is InChI=1S/C2H3O.Mn/c1-2-3;/h1H3;/q;+1. The summed E-state index contributed by atoms with van der Waals surface area (Å²) in [7, 11) is 0. The van der Waals surface area contributed by atoms with Gasteiger partial charge in [0.05, 0.1) is 0 Å². The molecule has 1 nitrogen and oxygen atoms in total. The van der Waals surface area contributed by atoms with Crippen molar-refractivity contribution in [2.75, 3.05) is 0 Å². The van der Waals surface area contributed by atoms with Gasteiger partial charge in [-0.1, -0.05) is 0 Å². The average Bonchev–Trinajstić information content (AvgIpc) is 0.811. The van der Waals surface area contributed by atoms with Gasteiger partial charge in [-0.15, -0.1) is 0 Å². The molecule has 23 valence electrons. The predicted molar refractivity (Wildman–Crippen MR) is 10.7 cm³/mol. The molecule has 0 unspecified atom stereocenters. The van der Waals surface area contributed by atoms with Gasteiger partial charge in [0, 0.05) is 0 Å². The summed E-state index contributed by atoms with van der Waals surface area (Å²) in [4.78, 5) is 9.36. The van der Waals surface area contributed by atoms with Gasteiger partial charge in [0.15, 0.2) is 0 Å². The van der Waals surface area contributed by atoms with Crippen LogP contribution in [0, 0.1) is 0 Å². The predicted octanol–water partition coefficient (Wildman–Crippen LogP) is 0.0797. The van der Waals surface area contributed by atoms with Crippen LogP contribution < -0.4 is 0 Å². The second-order valence-corrected chi connectivity index (χ2v) is 1.30. The first-order valence-electron chi connectivity index (χ1n) is 0.893. The van der Waals surface area contributed by atoms with Crippen LogP contribution in [-0.4, -0.2) is 4.68 Å². The molecule has 0 spiro atoms. The summed E-state index contributed by atoms with van der Waals surface area (Å²) in [5.41, 5.74) is 0. The summed E-state index contributed by atoms with van der Waals surface area (Å²) in [6.07, 6.45) is 0. The molecule has 0 aliphatic rings. The monoisotopic (exact) mass is 98.0 g/mol. The average molecular weight is 98.0 g/mol. The second-order valence-electron chi connectivity index (χ2n) is 0.470. The summed E-state index contributed by atoms with van der Waals surface area (Å²) in [6, 6.07) is 0. The van der Waals surface area contributed by atoms with Crippen LogP contribution in [0.25, 0.3) is 0 Å². The molecule has 0 aromatic rings. The number of hydrogen-bond donors (Lipinski definition) is 0. The topological polar surface area (TPSA) is 17.1 Å². The zero-order chi connectivity index (χ0) is 3.58. The molecule has 0 aromatic heterocycles. The van der Waals surface area contributed by atoms with Crippen molar-refractivity contribution in [3.05, 3.63) is 0 Å². The zero-order valence-electron chi connectivity index (χ0n) is 2.29. The summed E-state index contributed by atoms with van der Waals surface area (Å²) in [5, 5.41) is 0. The molecule has 0 aliphatic carbocycles. The first-order valence-corrected chi connectivity index (χ1v) is 1.48. The van der Waals surface area contributed by atoms with E-state index in [1.165, 1.54) is 6.92 Å². The van der Waals surface area contributed by atoms with Crippen molar-refractivity contribution in [3.63, 3.8) is 0 Å². The van der Waals surface area contributed by atoms with Crippen molar-refractivity contribution < 1.29 is 20.8 Å². The summed E-state index contributed by atoms with van der Waals surface area (Å²) < 4.78 is -0.0208. The Bertz CT molecular complexity index is 29.0. The second kappa shape index (κ2) is 1.50. The van der Waals surface area contributed by atoms with E-state index in [-0.39, 0.29) is 4.68 Å². The summed E-state index contributed by atoms with van der Waals surface area (Å²) in [5.74, 6) is 0. The van der Waals surface area contributed by atoms with Crippen LogP contribution in [0.5, 0.6) is 0 Å². The molecule has 0 radical (unpaired) electrons. The van der Waals surface area contributed by atoms with Gasteiger partial charge in [-0.25, -0.2) is 0 Å². The van der Waals surface area contributed by atoms with E-state index in [4.69, 9.17) is 0 Å². The van der Waals surface area contributed by atoms with Gasteiger partial charge >= 0.3 is 32.4 Å².